The molecule has 4 heteroatoms. The summed E-state index contributed by atoms with van der Waals surface area (Å²) in [5, 5.41) is 0. The molecule has 2 aromatic rings. The number of fused-ring (bicyclic) bond motifs is 1. The van der Waals surface area contributed by atoms with Crippen molar-refractivity contribution < 1.29 is 9.53 Å². The van der Waals surface area contributed by atoms with Gasteiger partial charge in [0.25, 0.3) is 0 Å². The summed E-state index contributed by atoms with van der Waals surface area (Å²) in [5.74, 6) is 0.269. The summed E-state index contributed by atoms with van der Waals surface area (Å²) in [4.78, 5) is 18.3. The molecule has 1 saturated heterocycles. The number of hydrogen-bond donors (Lipinski definition) is 0. The minimum Gasteiger partial charge on any atom is -0.380 e. The van der Waals surface area contributed by atoms with Gasteiger partial charge in [0.2, 0.25) is 5.91 Å². The van der Waals surface area contributed by atoms with Crippen LogP contribution in [0.3, 0.4) is 0 Å². The highest BCUT2D eigenvalue weighted by Gasteiger charge is 2.49. The summed E-state index contributed by atoms with van der Waals surface area (Å²) in [7, 11) is 3.89. The molecule has 2 aliphatic rings. The molecule has 0 N–H and O–H groups in total. The number of hydrogen-bond acceptors (Lipinski definition) is 3. The Hall–Kier alpha value is -2.17. The lowest BCUT2D eigenvalue weighted by Gasteiger charge is -2.43. The van der Waals surface area contributed by atoms with Crippen LogP contribution in [0.4, 0.5) is 0 Å². The fourth-order valence-corrected chi connectivity index (χ4v) is 4.94. The number of nitrogens with zero attached hydrogens (tertiary/aromatic N) is 2. The molecule has 1 fully saturated rings. The van der Waals surface area contributed by atoms with Crippen LogP contribution in [0.1, 0.15) is 29.5 Å². The summed E-state index contributed by atoms with van der Waals surface area (Å²) < 4.78 is 5.59. The molecule has 1 amide bonds. The van der Waals surface area contributed by atoms with Crippen LogP contribution in [0.15, 0.2) is 54.6 Å². The van der Waals surface area contributed by atoms with E-state index in [1.165, 1.54) is 16.7 Å². The topological polar surface area (TPSA) is 32.8 Å². The van der Waals surface area contributed by atoms with Gasteiger partial charge in [-0.15, -0.1) is 0 Å². The van der Waals surface area contributed by atoms with Gasteiger partial charge in [-0.05, 0) is 43.0 Å². The van der Waals surface area contributed by atoms with E-state index >= 15 is 0 Å². The van der Waals surface area contributed by atoms with E-state index in [0.29, 0.717) is 6.54 Å². The van der Waals surface area contributed by atoms with Crippen molar-refractivity contribution in [1.82, 2.24) is 9.80 Å². The van der Waals surface area contributed by atoms with E-state index in [4.69, 9.17) is 4.74 Å². The molecule has 29 heavy (non-hydrogen) atoms. The molecular weight excluding hydrogens is 360 g/mol. The first-order valence-electron chi connectivity index (χ1n) is 10.8. The van der Waals surface area contributed by atoms with Crippen molar-refractivity contribution in [2.45, 2.75) is 43.7 Å². The first kappa shape index (κ1) is 20.1. The second-order valence-electron chi connectivity index (χ2n) is 8.56. The quantitative estimate of drug-likeness (QED) is 0.756. The molecule has 154 valence electrons. The van der Waals surface area contributed by atoms with Crippen LogP contribution in [-0.2, 0) is 28.8 Å². The van der Waals surface area contributed by atoms with Crippen molar-refractivity contribution in [2.75, 3.05) is 33.8 Å². The number of amides is 1. The van der Waals surface area contributed by atoms with Crippen LogP contribution >= 0.6 is 0 Å². The number of likely N-dealkylation sites (tertiary alicyclic amines) is 1. The van der Waals surface area contributed by atoms with Gasteiger partial charge < -0.3 is 9.64 Å². The summed E-state index contributed by atoms with van der Waals surface area (Å²) >= 11 is 0. The average Bonchev–Trinajstić information content (AvgIpc) is 3.18. The predicted molar refractivity (Wildman–Crippen MR) is 116 cm³/mol. The van der Waals surface area contributed by atoms with Crippen LogP contribution in [0.2, 0.25) is 0 Å². The van der Waals surface area contributed by atoms with Crippen molar-refractivity contribution >= 4 is 5.91 Å². The second kappa shape index (κ2) is 8.68. The molecule has 1 aliphatic heterocycles. The summed E-state index contributed by atoms with van der Waals surface area (Å²) in [6.07, 6.45) is 4.74. The van der Waals surface area contributed by atoms with Gasteiger partial charge in [-0.3, -0.25) is 9.69 Å². The van der Waals surface area contributed by atoms with Crippen LogP contribution < -0.4 is 0 Å². The van der Waals surface area contributed by atoms with Crippen molar-refractivity contribution in [1.29, 1.82) is 0 Å². The first-order valence-corrected chi connectivity index (χ1v) is 10.8. The SMILES string of the molecule is CO[C@H]1CCCN(C(=O)C2(N(C)CCc3ccccc3)Cc3ccccc3C2)C1. The zero-order valence-corrected chi connectivity index (χ0v) is 17.6. The number of benzene rings is 2. The summed E-state index contributed by atoms with van der Waals surface area (Å²) in [6.45, 7) is 2.41. The number of methoxy groups -OCH3 is 1. The highest BCUT2D eigenvalue weighted by atomic mass is 16.5. The largest absolute Gasteiger partial charge is 0.380 e. The average molecular weight is 393 g/mol. The van der Waals surface area contributed by atoms with Crippen molar-refractivity contribution in [3.8, 4) is 0 Å². The molecule has 4 nitrogen and oxygen atoms in total. The van der Waals surface area contributed by atoms with E-state index in [1.54, 1.807) is 7.11 Å². The minimum atomic E-state index is -0.492. The van der Waals surface area contributed by atoms with Gasteiger partial charge in [0, 0.05) is 39.6 Å². The number of piperidine rings is 1. The maximum Gasteiger partial charge on any atom is 0.243 e. The van der Waals surface area contributed by atoms with E-state index in [-0.39, 0.29) is 12.0 Å². The van der Waals surface area contributed by atoms with Crippen LogP contribution in [-0.4, -0.2) is 61.1 Å². The smallest absolute Gasteiger partial charge is 0.243 e. The van der Waals surface area contributed by atoms with E-state index in [1.807, 2.05) is 0 Å². The van der Waals surface area contributed by atoms with Crippen LogP contribution in [0, 0.1) is 0 Å². The predicted octanol–water partition coefficient (Wildman–Crippen LogP) is 3.34. The van der Waals surface area contributed by atoms with E-state index in [9.17, 15) is 4.79 Å². The fraction of sp³-hybridized carbons (Fsp3) is 0.480. The zero-order chi connectivity index (χ0) is 20.3. The maximum atomic E-state index is 13.9. The normalized spacial score (nSPS) is 20.7. The lowest BCUT2D eigenvalue weighted by molar-refractivity contribution is -0.147. The van der Waals surface area contributed by atoms with E-state index in [2.05, 4.69) is 71.4 Å². The molecule has 1 heterocycles. The first-order chi connectivity index (χ1) is 14.1. The molecule has 0 spiro atoms. The Balaban J connectivity index is 1.57. The fourth-order valence-electron chi connectivity index (χ4n) is 4.94. The Bertz CT molecular complexity index is 811. The Kier molecular flexibility index (Phi) is 6.02. The third-order valence-electron chi connectivity index (χ3n) is 6.79. The molecule has 0 bridgehead atoms. The molecule has 0 unspecified atom stereocenters. The lowest BCUT2D eigenvalue weighted by atomic mass is 9.90. The Labute approximate surface area is 174 Å². The van der Waals surface area contributed by atoms with Gasteiger partial charge in [0.05, 0.1) is 6.10 Å². The Morgan fingerprint density at radius 1 is 1.10 bits per heavy atom. The zero-order valence-electron chi connectivity index (χ0n) is 17.6. The van der Waals surface area contributed by atoms with Gasteiger partial charge in [0.1, 0.15) is 5.54 Å². The van der Waals surface area contributed by atoms with Crippen LogP contribution in [0.25, 0.3) is 0 Å². The van der Waals surface area contributed by atoms with E-state index < -0.39 is 5.54 Å². The van der Waals surface area contributed by atoms with Gasteiger partial charge in [-0.25, -0.2) is 0 Å². The molecule has 0 saturated carbocycles. The standard InChI is InChI=1S/C25H32N2O2/c1-26(16-14-20-9-4-3-5-10-20)25(17-21-11-6-7-12-22(21)18-25)24(28)27-15-8-13-23(19-27)29-2/h3-7,9-12,23H,8,13-19H2,1-2H3/t23-/m0/s1. The summed E-state index contributed by atoms with van der Waals surface area (Å²) in [6, 6.07) is 19.1. The highest BCUT2D eigenvalue weighted by Crippen LogP contribution is 2.36. The summed E-state index contributed by atoms with van der Waals surface area (Å²) in [5.41, 5.74) is 3.45. The molecule has 4 rings (SSSR count). The van der Waals surface area contributed by atoms with Crippen molar-refractivity contribution in [2.24, 2.45) is 0 Å². The molecule has 0 aromatic heterocycles. The van der Waals surface area contributed by atoms with Gasteiger partial charge in [0.15, 0.2) is 0 Å². The minimum absolute atomic E-state index is 0.156. The Morgan fingerprint density at radius 3 is 2.41 bits per heavy atom. The molecule has 1 aliphatic carbocycles. The number of carbonyl (C=O) groups excluding carboxylic acids is 1. The monoisotopic (exact) mass is 392 g/mol. The molecule has 0 radical (unpaired) electrons. The van der Waals surface area contributed by atoms with Gasteiger partial charge >= 0.3 is 0 Å². The number of rotatable bonds is 6. The van der Waals surface area contributed by atoms with Gasteiger partial charge in [-0.1, -0.05) is 54.6 Å². The van der Waals surface area contributed by atoms with Crippen LogP contribution in [0.5, 0.6) is 0 Å². The van der Waals surface area contributed by atoms with E-state index in [0.717, 1.165) is 45.2 Å². The molecular formula is C25H32N2O2. The number of likely N-dealkylation sites (N-methyl/N-ethyl adjacent to an activating group) is 1. The van der Waals surface area contributed by atoms with Gasteiger partial charge in [-0.2, -0.15) is 0 Å². The lowest BCUT2D eigenvalue weighted by Crippen LogP contribution is -2.61. The highest BCUT2D eigenvalue weighted by molar-refractivity contribution is 5.88. The number of carbonyl (C=O) groups is 1. The number of ether oxygens (including phenoxy) is 1. The Morgan fingerprint density at radius 2 is 1.76 bits per heavy atom. The maximum absolute atomic E-state index is 13.9. The van der Waals surface area contributed by atoms with Crippen molar-refractivity contribution in [3.05, 3.63) is 71.3 Å². The second-order valence-corrected chi connectivity index (χ2v) is 8.56. The molecule has 1 atom stereocenters. The molecule has 2 aromatic carbocycles. The third kappa shape index (κ3) is 4.10. The third-order valence-corrected chi connectivity index (χ3v) is 6.79. The van der Waals surface area contributed by atoms with Crippen molar-refractivity contribution in [3.63, 3.8) is 0 Å².